The van der Waals surface area contributed by atoms with Crippen molar-refractivity contribution in [3.8, 4) is 11.4 Å². The molecule has 2 N–H and O–H groups in total. The molecular weight excluding hydrogens is 362 g/mol. The zero-order valence-electron chi connectivity index (χ0n) is 16.5. The Balaban J connectivity index is 1.42. The number of furan rings is 1. The molecule has 1 fully saturated rings. The van der Waals surface area contributed by atoms with Crippen molar-refractivity contribution in [1.82, 2.24) is 25.4 Å². The highest BCUT2D eigenvalue weighted by Crippen LogP contribution is 2.29. The number of nitrogens with one attached hydrogen (secondary N) is 2. The van der Waals surface area contributed by atoms with Gasteiger partial charge in [0, 0.05) is 42.2 Å². The minimum atomic E-state index is 0.318. The highest BCUT2D eigenvalue weighted by Gasteiger charge is 2.26. The van der Waals surface area contributed by atoms with Gasteiger partial charge in [-0.25, -0.2) is 9.67 Å². The van der Waals surface area contributed by atoms with Crippen LogP contribution in [-0.2, 0) is 13.6 Å². The largest absolute Gasteiger partial charge is 0.464 e. The van der Waals surface area contributed by atoms with Gasteiger partial charge in [-0.15, -0.1) is 0 Å². The van der Waals surface area contributed by atoms with Gasteiger partial charge >= 0.3 is 0 Å². The van der Waals surface area contributed by atoms with Crippen LogP contribution in [0.5, 0.6) is 0 Å². The molecule has 6 heteroatoms. The molecule has 148 valence electrons. The summed E-state index contributed by atoms with van der Waals surface area (Å²) in [6.45, 7) is 1.80. The fourth-order valence-electron chi connectivity index (χ4n) is 4.33. The smallest absolute Gasteiger partial charge is 0.157 e. The first-order chi connectivity index (χ1) is 14.3. The number of piperidine rings is 1. The minimum Gasteiger partial charge on any atom is -0.464 e. The lowest BCUT2D eigenvalue weighted by molar-refractivity contribution is 0.304. The Labute approximate surface area is 169 Å². The van der Waals surface area contributed by atoms with Crippen molar-refractivity contribution in [2.45, 2.75) is 31.5 Å². The van der Waals surface area contributed by atoms with Gasteiger partial charge in [0.05, 0.1) is 6.26 Å². The highest BCUT2D eigenvalue weighted by molar-refractivity contribution is 5.85. The van der Waals surface area contributed by atoms with E-state index in [0.29, 0.717) is 12.1 Å². The summed E-state index contributed by atoms with van der Waals surface area (Å²) in [5.41, 5.74) is 4.46. The van der Waals surface area contributed by atoms with Crippen molar-refractivity contribution in [3.05, 3.63) is 72.2 Å². The average Bonchev–Trinajstić information content (AvgIpc) is 3.41. The number of fused-ring (bicyclic) bond motifs is 1. The van der Waals surface area contributed by atoms with Crippen LogP contribution in [0.2, 0.25) is 0 Å². The fraction of sp³-hybridized carbons (Fsp3) is 0.304. The van der Waals surface area contributed by atoms with E-state index < -0.39 is 0 Å². The summed E-state index contributed by atoms with van der Waals surface area (Å²) in [5, 5.41) is 12.8. The van der Waals surface area contributed by atoms with Gasteiger partial charge in [0.2, 0.25) is 0 Å². The monoisotopic (exact) mass is 387 g/mol. The molecule has 0 saturated carbocycles. The summed E-state index contributed by atoms with van der Waals surface area (Å²) in [6.07, 6.45) is 5.67. The summed E-state index contributed by atoms with van der Waals surface area (Å²) < 4.78 is 7.61. The van der Waals surface area contributed by atoms with E-state index in [9.17, 15) is 0 Å². The molecule has 3 heterocycles. The van der Waals surface area contributed by atoms with Crippen molar-refractivity contribution >= 4 is 11.0 Å². The first-order valence-electron chi connectivity index (χ1n) is 10.2. The first-order valence-corrected chi connectivity index (χ1v) is 10.2. The number of aryl methyl sites for hydroxylation is 1. The third-order valence-electron chi connectivity index (χ3n) is 5.77. The predicted octanol–water partition coefficient (Wildman–Crippen LogP) is 3.81. The van der Waals surface area contributed by atoms with E-state index in [2.05, 4.69) is 63.2 Å². The summed E-state index contributed by atoms with van der Waals surface area (Å²) in [4.78, 5) is 4.41. The van der Waals surface area contributed by atoms with E-state index in [1.807, 2.05) is 13.1 Å². The van der Waals surface area contributed by atoms with Gasteiger partial charge in [-0.3, -0.25) is 0 Å². The molecule has 0 spiro atoms. The van der Waals surface area contributed by atoms with Gasteiger partial charge in [-0.05, 0) is 43.1 Å². The Kier molecular flexibility index (Phi) is 4.87. The molecule has 0 aliphatic carbocycles. The normalized spacial score (nSPS) is 19.6. The first kappa shape index (κ1) is 18.1. The van der Waals surface area contributed by atoms with E-state index in [4.69, 9.17) is 4.42 Å². The van der Waals surface area contributed by atoms with Crippen LogP contribution in [0.3, 0.4) is 0 Å². The van der Waals surface area contributed by atoms with Crippen LogP contribution in [0.4, 0.5) is 0 Å². The molecule has 2 aromatic heterocycles. The second kappa shape index (κ2) is 7.81. The summed E-state index contributed by atoms with van der Waals surface area (Å²) in [5.74, 6) is 0.857. The van der Waals surface area contributed by atoms with Crippen LogP contribution in [0, 0.1) is 0 Å². The molecule has 6 nitrogen and oxygen atoms in total. The Morgan fingerprint density at radius 2 is 2.10 bits per heavy atom. The van der Waals surface area contributed by atoms with Crippen LogP contribution in [0.15, 0.2) is 65.5 Å². The Bertz CT molecular complexity index is 1100. The lowest BCUT2D eigenvalue weighted by Gasteiger charge is -2.34. The van der Waals surface area contributed by atoms with Crippen LogP contribution in [0.1, 0.15) is 30.0 Å². The number of hydrogen-bond acceptors (Lipinski definition) is 5. The van der Waals surface area contributed by atoms with Gasteiger partial charge in [0.15, 0.2) is 5.82 Å². The van der Waals surface area contributed by atoms with Crippen LogP contribution >= 0.6 is 0 Å². The van der Waals surface area contributed by atoms with Crippen molar-refractivity contribution in [1.29, 1.82) is 0 Å². The third kappa shape index (κ3) is 3.57. The molecule has 0 radical (unpaired) electrons. The summed E-state index contributed by atoms with van der Waals surface area (Å²) >= 11 is 0. The molecule has 0 unspecified atom stereocenters. The minimum absolute atomic E-state index is 0.318. The Morgan fingerprint density at radius 1 is 1.21 bits per heavy atom. The van der Waals surface area contributed by atoms with E-state index in [1.54, 1.807) is 17.3 Å². The van der Waals surface area contributed by atoms with Gasteiger partial charge in [0.1, 0.15) is 11.9 Å². The zero-order chi connectivity index (χ0) is 19.6. The molecule has 1 aliphatic rings. The highest BCUT2D eigenvalue weighted by atomic mass is 16.3. The van der Waals surface area contributed by atoms with E-state index >= 15 is 0 Å². The number of hydrogen-bond donors (Lipinski definition) is 2. The van der Waals surface area contributed by atoms with Gasteiger partial charge in [-0.2, -0.15) is 5.10 Å². The second-order valence-corrected chi connectivity index (χ2v) is 7.65. The third-order valence-corrected chi connectivity index (χ3v) is 5.77. The number of aromatic nitrogens is 3. The van der Waals surface area contributed by atoms with Crippen molar-refractivity contribution < 1.29 is 4.42 Å². The predicted molar refractivity (Wildman–Crippen MR) is 113 cm³/mol. The van der Waals surface area contributed by atoms with E-state index in [0.717, 1.165) is 47.4 Å². The lowest BCUT2D eigenvalue weighted by Crippen LogP contribution is -2.45. The molecule has 29 heavy (non-hydrogen) atoms. The maximum atomic E-state index is 5.80. The SMILES string of the molecule is Cn1ncnc1-c1cc(CN[C@H]2CCCN[C@H]2c2ccccc2)c2occc2c1. The molecular formula is C23H25N5O. The van der Waals surface area contributed by atoms with Crippen molar-refractivity contribution in [3.63, 3.8) is 0 Å². The zero-order valence-corrected chi connectivity index (χ0v) is 16.5. The average molecular weight is 387 g/mol. The summed E-state index contributed by atoms with van der Waals surface area (Å²) in [7, 11) is 1.91. The van der Waals surface area contributed by atoms with Crippen LogP contribution in [-0.4, -0.2) is 27.4 Å². The number of rotatable bonds is 5. The molecule has 2 aromatic carbocycles. The molecule has 5 rings (SSSR count). The second-order valence-electron chi connectivity index (χ2n) is 7.65. The van der Waals surface area contributed by atoms with Gasteiger partial charge < -0.3 is 15.1 Å². The molecule has 1 saturated heterocycles. The van der Waals surface area contributed by atoms with Crippen LogP contribution in [0.25, 0.3) is 22.4 Å². The van der Waals surface area contributed by atoms with Gasteiger partial charge in [-0.1, -0.05) is 30.3 Å². The van der Waals surface area contributed by atoms with E-state index in [1.165, 1.54) is 12.0 Å². The Morgan fingerprint density at radius 3 is 2.93 bits per heavy atom. The Hall–Kier alpha value is -2.96. The molecule has 2 atom stereocenters. The van der Waals surface area contributed by atoms with E-state index in [-0.39, 0.29) is 0 Å². The molecule has 1 aliphatic heterocycles. The number of benzene rings is 2. The van der Waals surface area contributed by atoms with Crippen molar-refractivity contribution in [2.24, 2.45) is 7.05 Å². The summed E-state index contributed by atoms with van der Waals surface area (Å²) in [6, 6.07) is 17.7. The van der Waals surface area contributed by atoms with Gasteiger partial charge in [0.25, 0.3) is 0 Å². The maximum Gasteiger partial charge on any atom is 0.157 e. The maximum absolute atomic E-state index is 5.80. The molecule has 0 amide bonds. The number of nitrogens with zero attached hydrogens (tertiary/aromatic N) is 3. The van der Waals surface area contributed by atoms with Crippen LogP contribution < -0.4 is 10.6 Å². The fourth-order valence-corrected chi connectivity index (χ4v) is 4.33. The van der Waals surface area contributed by atoms with Crippen molar-refractivity contribution in [2.75, 3.05) is 6.54 Å². The molecule has 4 aromatic rings. The lowest BCUT2D eigenvalue weighted by atomic mass is 9.92. The standard InChI is InChI=1S/C23H25N5O/c1-28-23(26-15-27-28)18-12-17-9-11-29-22(17)19(13-18)14-25-20-8-5-10-24-21(20)16-6-3-2-4-7-16/h2-4,6-7,9,11-13,15,20-21,24-25H,5,8,10,14H2,1H3/t20-,21-/m0/s1. The molecule has 0 bridgehead atoms. The topological polar surface area (TPSA) is 67.9 Å². The quantitative estimate of drug-likeness (QED) is 0.545.